The second-order valence-corrected chi connectivity index (χ2v) is 9.94. The summed E-state index contributed by atoms with van der Waals surface area (Å²) in [5.74, 6) is 1.95. The number of nitrogens with zero attached hydrogens (tertiary/aromatic N) is 4. The normalized spacial score (nSPS) is 11.8. The maximum absolute atomic E-state index is 13.9. The van der Waals surface area contributed by atoms with Crippen molar-refractivity contribution >= 4 is 39.2 Å². The van der Waals surface area contributed by atoms with Crippen LogP contribution < -0.4 is 13.8 Å². The summed E-state index contributed by atoms with van der Waals surface area (Å²) in [7, 11) is 1.68. The fraction of sp³-hybridized carbons (Fsp3) is 0.107. The van der Waals surface area contributed by atoms with E-state index in [-0.39, 0.29) is 0 Å². The van der Waals surface area contributed by atoms with Gasteiger partial charge < -0.3 is 9.47 Å². The van der Waals surface area contributed by atoms with Crippen molar-refractivity contribution in [1.82, 2.24) is 15.0 Å². The van der Waals surface area contributed by atoms with E-state index < -0.39 is 11.0 Å². The molecule has 1 unspecified atom stereocenters. The third-order valence-electron chi connectivity index (χ3n) is 5.86. The molecule has 0 fully saturated rings. The van der Waals surface area contributed by atoms with Crippen molar-refractivity contribution in [3.8, 4) is 22.8 Å². The number of rotatable bonds is 8. The zero-order chi connectivity index (χ0) is 25.8. The van der Waals surface area contributed by atoms with Crippen LogP contribution >= 0.6 is 11.6 Å². The molecule has 0 bridgehead atoms. The van der Waals surface area contributed by atoms with Crippen molar-refractivity contribution in [3.63, 3.8) is 0 Å². The summed E-state index contributed by atoms with van der Waals surface area (Å²) in [5.41, 5.74) is 2.55. The number of halogens is 1. The molecule has 0 amide bonds. The van der Waals surface area contributed by atoms with E-state index >= 15 is 0 Å². The van der Waals surface area contributed by atoms with Crippen LogP contribution in [-0.2, 0) is 17.5 Å². The van der Waals surface area contributed by atoms with E-state index in [1.807, 2.05) is 60.7 Å². The Bertz CT molecular complexity index is 1570. The molecule has 37 heavy (non-hydrogen) atoms. The molecular formula is C28H23ClN4O3S. The Kier molecular flexibility index (Phi) is 7.30. The Morgan fingerprint density at radius 3 is 2.46 bits per heavy atom. The summed E-state index contributed by atoms with van der Waals surface area (Å²) in [6.45, 7) is 0.384. The van der Waals surface area contributed by atoms with E-state index in [0.29, 0.717) is 28.0 Å². The highest BCUT2D eigenvalue weighted by Gasteiger charge is 2.20. The second-order valence-electron chi connectivity index (χ2n) is 8.09. The maximum Gasteiger partial charge on any atom is 0.154 e. The van der Waals surface area contributed by atoms with Gasteiger partial charge in [-0.05, 0) is 65.5 Å². The molecule has 7 nitrogen and oxygen atoms in total. The lowest BCUT2D eigenvalue weighted by molar-refractivity contribution is 0.414. The van der Waals surface area contributed by atoms with Crippen LogP contribution in [0.4, 0.5) is 5.82 Å². The van der Waals surface area contributed by atoms with Crippen molar-refractivity contribution in [2.75, 3.05) is 18.5 Å². The number of fused-ring (bicyclic) bond motifs is 1. The molecule has 5 rings (SSSR count). The van der Waals surface area contributed by atoms with Gasteiger partial charge in [-0.15, -0.1) is 0 Å². The molecule has 2 aromatic heterocycles. The lowest BCUT2D eigenvalue weighted by Crippen LogP contribution is -2.26. The number of pyridine rings is 1. The Hall–Kier alpha value is -4.01. The zero-order valence-electron chi connectivity index (χ0n) is 20.2. The second kappa shape index (κ2) is 10.9. The number of anilines is 1. The fourth-order valence-corrected chi connectivity index (χ4v) is 5.39. The first-order valence-electron chi connectivity index (χ1n) is 11.4. The van der Waals surface area contributed by atoms with E-state index in [0.717, 1.165) is 33.3 Å². The Labute approximate surface area is 222 Å². The molecule has 2 heterocycles. The average molecular weight is 531 g/mol. The van der Waals surface area contributed by atoms with Crippen LogP contribution in [0, 0.1) is 0 Å². The highest BCUT2D eigenvalue weighted by atomic mass is 35.5. The summed E-state index contributed by atoms with van der Waals surface area (Å²) >= 11 is 6.16. The van der Waals surface area contributed by atoms with Crippen molar-refractivity contribution in [2.45, 2.75) is 11.4 Å². The number of methoxy groups -OCH3 is 2. The molecule has 0 saturated carbocycles. The van der Waals surface area contributed by atoms with Gasteiger partial charge in [-0.2, -0.15) is 0 Å². The van der Waals surface area contributed by atoms with Crippen LogP contribution in [0.5, 0.6) is 11.5 Å². The average Bonchev–Trinajstić information content (AvgIpc) is 2.95. The van der Waals surface area contributed by atoms with Gasteiger partial charge in [0.25, 0.3) is 0 Å². The highest BCUT2D eigenvalue weighted by Crippen LogP contribution is 2.36. The van der Waals surface area contributed by atoms with Gasteiger partial charge in [0.1, 0.15) is 23.6 Å². The minimum atomic E-state index is -1.55. The fourth-order valence-electron chi connectivity index (χ4n) is 4.02. The minimum absolute atomic E-state index is 0.384. The molecule has 0 radical (unpaired) electrons. The predicted molar refractivity (Wildman–Crippen MR) is 146 cm³/mol. The maximum atomic E-state index is 13.9. The monoisotopic (exact) mass is 530 g/mol. The summed E-state index contributed by atoms with van der Waals surface area (Å²) in [4.78, 5) is 13.6. The van der Waals surface area contributed by atoms with Crippen LogP contribution in [-0.4, -0.2) is 33.4 Å². The van der Waals surface area contributed by atoms with Crippen molar-refractivity contribution in [2.24, 2.45) is 0 Å². The van der Waals surface area contributed by atoms with E-state index in [1.165, 1.54) is 6.33 Å². The predicted octanol–water partition coefficient (Wildman–Crippen LogP) is 6.09. The topological polar surface area (TPSA) is 77.4 Å². The molecule has 0 aliphatic heterocycles. The van der Waals surface area contributed by atoms with E-state index in [9.17, 15) is 4.21 Å². The molecular weight excluding hydrogens is 508 g/mol. The summed E-state index contributed by atoms with van der Waals surface area (Å²) in [5, 5.41) is 2.40. The molecule has 0 saturated heterocycles. The Balaban J connectivity index is 1.53. The third-order valence-corrected chi connectivity index (χ3v) is 7.47. The Morgan fingerprint density at radius 2 is 1.73 bits per heavy atom. The van der Waals surface area contributed by atoms with E-state index in [2.05, 4.69) is 15.0 Å². The van der Waals surface area contributed by atoms with E-state index in [4.69, 9.17) is 21.1 Å². The van der Waals surface area contributed by atoms with Crippen LogP contribution in [0.15, 0.2) is 96.4 Å². The van der Waals surface area contributed by atoms with E-state index in [1.54, 1.807) is 43.1 Å². The van der Waals surface area contributed by atoms with Gasteiger partial charge in [0.05, 0.1) is 31.4 Å². The largest absolute Gasteiger partial charge is 0.497 e. The first-order chi connectivity index (χ1) is 18.1. The van der Waals surface area contributed by atoms with Crippen molar-refractivity contribution in [1.29, 1.82) is 0 Å². The Morgan fingerprint density at radius 1 is 0.892 bits per heavy atom. The zero-order valence-corrected chi connectivity index (χ0v) is 21.7. The van der Waals surface area contributed by atoms with Gasteiger partial charge in [0.15, 0.2) is 11.0 Å². The van der Waals surface area contributed by atoms with Gasteiger partial charge in [0.2, 0.25) is 0 Å². The van der Waals surface area contributed by atoms with Crippen LogP contribution in [0.3, 0.4) is 0 Å². The van der Waals surface area contributed by atoms with Crippen LogP contribution in [0.1, 0.15) is 5.56 Å². The van der Waals surface area contributed by atoms with Gasteiger partial charge in [-0.1, -0.05) is 29.8 Å². The number of aromatic nitrogens is 3. The first kappa shape index (κ1) is 24.7. The molecule has 5 aromatic rings. The van der Waals surface area contributed by atoms with Gasteiger partial charge >= 0.3 is 0 Å². The summed E-state index contributed by atoms with van der Waals surface area (Å²) in [6, 6.07) is 22.5. The molecule has 9 heteroatoms. The number of hydrogen-bond donors (Lipinski definition) is 0. The van der Waals surface area contributed by atoms with Crippen LogP contribution in [0.25, 0.3) is 22.0 Å². The standard InChI is InChI=1S/C28H23ClN4O3S/c1-35-22-6-3-19(4-7-22)17-33(27-12-13-30-18-32-27)37(34)23-8-10-24-20(15-23)11-14-31-28(24)25-9-5-21(29)16-26(25)36-2/h3-16,18H,17H2,1-2H3. The molecule has 0 aliphatic carbocycles. The SMILES string of the molecule is COc1ccc(CN(c2ccncn2)S(=O)c2ccc3c(-c4ccc(Cl)cc4OC)nccc3c2)cc1. The molecule has 0 N–H and O–H groups in total. The lowest BCUT2D eigenvalue weighted by Gasteiger charge is -2.23. The lowest BCUT2D eigenvalue weighted by atomic mass is 10.0. The van der Waals surface area contributed by atoms with Crippen LogP contribution in [0.2, 0.25) is 5.02 Å². The summed E-state index contributed by atoms with van der Waals surface area (Å²) in [6.07, 6.45) is 4.82. The number of hydrogen-bond acceptors (Lipinski definition) is 6. The number of ether oxygens (including phenoxy) is 2. The smallest absolute Gasteiger partial charge is 0.154 e. The first-order valence-corrected chi connectivity index (χ1v) is 12.9. The quantitative estimate of drug-likeness (QED) is 0.241. The van der Waals surface area contributed by atoms with Gasteiger partial charge in [-0.25, -0.2) is 14.2 Å². The molecule has 1 atom stereocenters. The highest BCUT2D eigenvalue weighted by molar-refractivity contribution is 7.86. The molecule has 186 valence electrons. The third kappa shape index (κ3) is 5.26. The van der Waals surface area contributed by atoms with Gasteiger partial charge in [-0.3, -0.25) is 9.29 Å². The molecule has 0 spiro atoms. The molecule has 3 aromatic carbocycles. The minimum Gasteiger partial charge on any atom is -0.497 e. The van der Waals surface area contributed by atoms with Gasteiger partial charge in [0, 0.05) is 28.4 Å². The summed E-state index contributed by atoms with van der Waals surface area (Å²) < 4.78 is 26.5. The number of benzene rings is 3. The van der Waals surface area contributed by atoms with Crippen molar-refractivity contribution < 1.29 is 13.7 Å². The van der Waals surface area contributed by atoms with Crippen molar-refractivity contribution in [3.05, 3.63) is 102 Å². The molecule has 0 aliphatic rings.